The molecule has 0 aliphatic carbocycles. The van der Waals surface area contributed by atoms with E-state index < -0.39 is 0 Å². The zero-order valence-corrected chi connectivity index (χ0v) is 14.8. The van der Waals surface area contributed by atoms with Gasteiger partial charge < -0.3 is 13.9 Å². The maximum absolute atomic E-state index is 5.92. The molecule has 4 heteroatoms. The van der Waals surface area contributed by atoms with Crippen LogP contribution in [0.15, 0.2) is 40.8 Å². The van der Waals surface area contributed by atoms with Crippen molar-refractivity contribution in [1.29, 1.82) is 0 Å². The van der Waals surface area contributed by atoms with Gasteiger partial charge in [0.05, 0.1) is 13.7 Å². The molecule has 0 fully saturated rings. The molecule has 0 aliphatic heterocycles. The number of hydrogen-bond donors (Lipinski definition) is 0. The van der Waals surface area contributed by atoms with Crippen LogP contribution >= 0.6 is 0 Å². The minimum absolute atomic E-state index is 0.0789. The smallest absolute Gasteiger partial charge is 0.227 e. The van der Waals surface area contributed by atoms with Crippen LogP contribution in [0.25, 0.3) is 22.6 Å². The molecule has 0 bridgehead atoms. The highest BCUT2D eigenvalue weighted by molar-refractivity contribution is 5.77. The Labute approximate surface area is 142 Å². The number of oxazole rings is 1. The van der Waals surface area contributed by atoms with E-state index in [-0.39, 0.29) is 5.41 Å². The minimum atomic E-state index is 0.0789. The maximum atomic E-state index is 5.92. The summed E-state index contributed by atoms with van der Waals surface area (Å²) in [5.41, 5.74) is 3.83. The fourth-order valence-electron chi connectivity index (χ4n) is 2.60. The van der Waals surface area contributed by atoms with Gasteiger partial charge in [0.2, 0.25) is 5.89 Å². The van der Waals surface area contributed by atoms with Gasteiger partial charge in [-0.2, -0.15) is 0 Å². The lowest BCUT2D eigenvalue weighted by atomic mass is 9.87. The molecule has 4 nitrogen and oxygen atoms in total. The fourth-order valence-corrected chi connectivity index (χ4v) is 2.60. The Hall–Kier alpha value is -2.49. The van der Waals surface area contributed by atoms with E-state index in [4.69, 9.17) is 13.9 Å². The van der Waals surface area contributed by atoms with Crippen molar-refractivity contribution in [3.8, 4) is 23.0 Å². The van der Waals surface area contributed by atoms with Gasteiger partial charge in [-0.1, -0.05) is 26.8 Å². The van der Waals surface area contributed by atoms with Crippen molar-refractivity contribution in [2.24, 2.45) is 0 Å². The molecule has 3 rings (SSSR count). The molecule has 0 saturated carbocycles. The summed E-state index contributed by atoms with van der Waals surface area (Å²) in [6.07, 6.45) is 0. The Morgan fingerprint density at radius 1 is 1.04 bits per heavy atom. The molecule has 2 aromatic carbocycles. The van der Waals surface area contributed by atoms with Crippen LogP contribution in [0.3, 0.4) is 0 Å². The minimum Gasteiger partial charge on any atom is -0.493 e. The highest BCUT2D eigenvalue weighted by Gasteiger charge is 2.17. The summed E-state index contributed by atoms with van der Waals surface area (Å²) < 4.78 is 16.9. The first-order valence-electron chi connectivity index (χ1n) is 8.14. The highest BCUT2D eigenvalue weighted by Crippen LogP contribution is 2.34. The SMILES string of the molecule is CCOc1cc(-c2nc3cc(C(C)(C)C)ccc3o2)ccc1OC. The fraction of sp³-hybridized carbons (Fsp3) is 0.350. The van der Waals surface area contributed by atoms with Crippen molar-refractivity contribution in [3.63, 3.8) is 0 Å². The van der Waals surface area contributed by atoms with Gasteiger partial charge >= 0.3 is 0 Å². The summed E-state index contributed by atoms with van der Waals surface area (Å²) in [7, 11) is 1.63. The second kappa shape index (κ2) is 6.19. The number of hydrogen-bond acceptors (Lipinski definition) is 4. The van der Waals surface area contributed by atoms with Gasteiger partial charge in [0.15, 0.2) is 17.1 Å². The Morgan fingerprint density at radius 2 is 1.83 bits per heavy atom. The summed E-state index contributed by atoms with van der Waals surface area (Å²) in [6.45, 7) is 9.08. The van der Waals surface area contributed by atoms with E-state index in [1.54, 1.807) is 7.11 Å². The largest absolute Gasteiger partial charge is 0.493 e. The molecular weight excluding hydrogens is 302 g/mol. The molecular formula is C20H23NO3. The Balaban J connectivity index is 2.05. The number of rotatable bonds is 4. The first-order chi connectivity index (χ1) is 11.4. The lowest BCUT2D eigenvalue weighted by molar-refractivity contribution is 0.311. The van der Waals surface area contributed by atoms with Crippen molar-refractivity contribution in [2.75, 3.05) is 13.7 Å². The first-order valence-corrected chi connectivity index (χ1v) is 8.14. The van der Waals surface area contributed by atoms with E-state index in [1.165, 1.54) is 5.56 Å². The van der Waals surface area contributed by atoms with Crippen LogP contribution in [0.1, 0.15) is 33.3 Å². The molecule has 1 heterocycles. The quantitative estimate of drug-likeness (QED) is 0.661. The predicted octanol–water partition coefficient (Wildman–Crippen LogP) is 5.20. The standard InChI is InChI=1S/C20H23NO3/c1-6-23-18-11-13(7-9-17(18)22-5)19-21-15-12-14(20(2,3)4)8-10-16(15)24-19/h7-12H,6H2,1-5H3. The summed E-state index contributed by atoms with van der Waals surface area (Å²) in [5, 5.41) is 0. The number of ether oxygens (including phenoxy) is 2. The molecule has 126 valence electrons. The number of fused-ring (bicyclic) bond motifs is 1. The topological polar surface area (TPSA) is 44.5 Å². The lowest BCUT2D eigenvalue weighted by Crippen LogP contribution is -2.10. The average Bonchev–Trinajstić information content (AvgIpc) is 2.97. The van der Waals surface area contributed by atoms with Crippen molar-refractivity contribution >= 4 is 11.1 Å². The van der Waals surface area contributed by atoms with E-state index >= 15 is 0 Å². The number of nitrogens with zero attached hydrogens (tertiary/aromatic N) is 1. The molecule has 0 radical (unpaired) electrons. The molecule has 0 spiro atoms. The zero-order valence-electron chi connectivity index (χ0n) is 14.8. The summed E-state index contributed by atoms with van der Waals surface area (Å²) in [6, 6.07) is 11.9. The van der Waals surface area contributed by atoms with Crippen LogP contribution < -0.4 is 9.47 Å². The molecule has 0 amide bonds. The van der Waals surface area contributed by atoms with Crippen molar-refractivity contribution < 1.29 is 13.9 Å². The normalized spacial score (nSPS) is 11.7. The van der Waals surface area contributed by atoms with Crippen LogP contribution in [0.5, 0.6) is 11.5 Å². The second-order valence-electron chi connectivity index (χ2n) is 6.75. The van der Waals surface area contributed by atoms with Crippen LogP contribution in [-0.4, -0.2) is 18.7 Å². The number of aromatic nitrogens is 1. The monoisotopic (exact) mass is 325 g/mol. The van der Waals surface area contributed by atoms with E-state index in [0.29, 0.717) is 24.0 Å². The Morgan fingerprint density at radius 3 is 2.50 bits per heavy atom. The average molecular weight is 325 g/mol. The molecule has 24 heavy (non-hydrogen) atoms. The van der Waals surface area contributed by atoms with Crippen molar-refractivity contribution in [2.45, 2.75) is 33.1 Å². The molecule has 3 aromatic rings. The van der Waals surface area contributed by atoms with Crippen LogP contribution in [0, 0.1) is 0 Å². The molecule has 0 saturated heterocycles. The predicted molar refractivity (Wildman–Crippen MR) is 95.9 cm³/mol. The third-order valence-electron chi connectivity index (χ3n) is 3.96. The number of benzene rings is 2. The molecule has 0 unspecified atom stereocenters. The number of methoxy groups -OCH3 is 1. The maximum Gasteiger partial charge on any atom is 0.227 e. The van der Waals surface area contributed by atoms with Gasteiger partial charge in [-0.3, -0.25) is 0 Å². The zero-order chi connectivity index (χ0) is 17.3. The lowest BCUT2D eigenvalue weighted by Gasteiger charge is -2.18. The Kier molecular flexibility index (Phi) is 4.22. The van der Waals surface area contributed by atoms with Gasteiger partial charge in [-0.15, -0.1) is 0 Å². The van der Waals surface area contributed by atoms with E-state index in [9.17, 15) is 0 Å². The van der Waals surface area contributed by atoms with Gasteiger partial charge in [0, 0.05) is 5.56 Å². The van der Waals surface area contributed by atoms with Crippen LogP contribution in [-0.2, 0) is 5.41 Å². The second-order valence-corrected chi connectivity index (χ2v) is 6.75. The van der Waals surface area contributed by atoms with Gasteiger partial charge in [-0.25, -0.2) is 4.98 Å². The highest BCUT2D eigenvalue weighted by atomic mass is 16.5. The van der Waals surface area contributed by atoms with Gasteiger partial charge in [0.25, 0.3) is 0 Å². The van der Waals surface area contributed by atoms with Crippen molar-refractivity contribution in [1.82, 2.24) is 4.98 Å². The van der Waals surface area contributed by atoms with E-state index in [2.05, 4.69) is 37.9 Å². The molecule has 0 aliphatic rings. The summed E-state index contributed by atoms with van der Waals surface area (Å²) in [4.78, 5) is 4.65. The first kappa shape index (κ1) is 16.4. The van der Waals surface area contributed by atoms with E-state index in [1.807, 2.05) is 31.2 Å². The third kappa shape index (κ3) is 3.09. The summed E-state index contributed by atoms with van der Waals surface area (Å²) in [5.74, 6) is 1.97. The summed E-state index contributed by atoms with van der Waals surface area (Å²) >= 11 is 0. The van der Waals surface area contributed by atoms with Gasteiger partial charge in [0.1, 0.15) is 5.52 Å². The van der Waals surface area contributed by atoms with Crippen LogP contribution in [0.2, 0.25) is 0 Å². The molecule has 0 atom stereocenters. The molecule has 0 N–H and O–H groups in total. The molecule has 1 aromatic heterocycles. The van der Waals surface area contributed by atoms with Crippen molar-refractivity contribution in [3.05, 3.63) is 42.0 Å². The Bertz CT molecular complexity index is 859. The van der Waals surface area contributed by atoms with Gasteiger partial charge in [-0.05, 0) is 48.2 Å². The van der Waals surface area contributed by atoms with Crippen LogP contribution in [0.4, 0.5) is 0 Å². The third-order valence-corrected chi connectivity index (χ3v) is 3.96. The van der Waals surface area contributed by atoms with E-state index in [0.717, 1.165) is 16.7 Å².